The van der Waals surface area contributed by atoms with Crippen LogP contribution in [-0.4, -0.2) is 61.7 Å². The lowest BCUT2D eigenvalue weighted by Crippen LogP contribution is -2.59. The van der Waals surface area contributed by atoms with E-state index in [0.717, 1.165) is 17.9 Å². The summed E-state index contributed by atoms with van der Waals surface area (Å²) < 4.78 is 0. The number of hydrogen-bond donors (Lipinski definition) is 1. The van der Waals surface area contributed by atoms with Crippen molar-refractivity contribution in [3.63, 3.8) is 0 Å². The molecule has 0 aromatic heterocycles. The third-order valence-electron chi connectivity index (χ3n) is 5.13. The maximum absolute atomic E-state index is 3.72. The van der Waals surface area contributed by atoms with Gasteiger partial charge in [0.2, 0.25) is 0 Å². The average molecular weight is 267 g/mol. The quantitative estimate of drug-likeness (QED) is 0.841. The molecule has 0 amide bonds. The first-order valence-corrected chi connectivity index (χ1v) is 8.26. The fraction of sp³-hybridized carbons (Fsp3) is 1.00. The van der Waals surface area contributed by atoms with Crippen LogP contribution in [0.15, 0.2) is 0 Å². The summed E-state index contributed by atoms with van der Waals surface area (Å²) in [4.78, 5) is 5.27. The van der Waals surface area contributed by atoms with Crippen molar-refractivity contribution in [1.82, 2.24) is 15.1 Å². The summed E-state index contributed by atoms with van der Waals surface area (Å²) in [6.07, 6.45) is 4.04. The highest BCUT2D eigenvalue weighted by atomic mass is 15.2. The second kappa shape index (κ2) is 7.05. The van der Waals surface area contributed by atoms with Gasteiger partial charge in [0.1, 0.15) is 0 Å². The molecule has 0 spiro atoms. The zero-order valence-corrected chi connectivity index (χ0v) is 13.4. The minimum atomic E-state index is 0.710. The first-order chi connectivity index (χ1) is 9.10. The van der Waals surface area contributed by atoms with Gasteiger partial charge in [-0.15, -0.1) is 0 Å². The van der Waals surface area contributed by atoms with E-state index in [2.05, 4.69) is 42.9 Å². The van der Waals surface area contributed by atoms with Crippen molar-refractivity contribution in [2.75, 3.05) is 39.8 Å². The minimum Gasteiger partial charge on any atom is -0.311 e. The van der Waals surface area contributed by atoms with E-state index in [1.807, 2.05) is 0 Å². The fourth-order valence-corrected chi connectivity index (χ4v) is 3.62. The number of likely N-dealkylation sites (tertiary alicyclic amines) is 1. The Balaban J connectivity index is 1.89. The van der Waals surface area contributed by atoms with Crippen LogP contribution in [-0.2, 0) is 0 Å². The van der Waals surface area contributed by atoms with Gasteiger partial charge in [-0.2, -0.15) is 0 Å². The summed E-state index contributed by atoms with van der Waals surface area (Å²) >= 11 is 0. The molecule has 2 aliphatic rings. The van der Waals surface area contributed by atoms with Crippen molar-refractivity contribution in [2.45, 2.75) is 52.1 Å². The van der Waals surface area contributed by atoms with Crippen LogP contribution in [0.3, 0.4) is 0 Å². The lowest BCUT2D eigenvalue weighted by atomic mass is 9.92. The van der Waals surface area contributed by atoms with Crippen molar-refractivity contribution in [3.05, 3.63) is 0 Å². The predicted octanol–water partition coefficient (Wildman–Crippen LogP) is 2.04. The molecule has 112 valence electrons. The molecule has 2 unspecified atom stereocenters. The smallest absolute Gasteiger partial charge is 0.0244 e. The summed E-state index contributed by atoms with van der Waals surface area (Å²) in [5.74, 6) is 1.68. The van der Waals surface area contributed by atoms with E-state index in [9.17, 15) is 0 Å². The zero-order chi connectivity index (χ0) is 13.8. The Hall–Kier alpha value is -0.120. The number of nitrogens with one attached hydrogen (secondary N) is 1. The van der Waals surface area contributed by atoms with Crippen LogP contribution in [0.25, 0.3) is 0 Å². The molecule has 2 fully saturated rings. The standard InChI is InChI=1S/C16H33N3/c1-5-15-12-19(16(10-17-15)13(2)3)11-14-6-8-18(4)9-7-14/h13-17H,5-12H2,1-4H3. The SMILES string of the molecule is CCC1CN(CC2CCN(C)CC2)C(C(C)C)CN1. The largest absolute Gasteiger partial charge is 0.311 e. The maximum atomic E-state index is 3.72. The highest BCUT2D eigenvalue weighted by molar-refractivity contribution is 4.88. The lowest BCUT2D eigenvalue weighted by Gasteiger charge is -2.44. The van der Waals surface area contributed by atoms with Crippen molar-refractivity contribution < 1.29 is 0 Å². The molecule has 2 heterocycles. The van der Waals surface area contributed by atoms with E-state index < -0.39 is 0 Å². The molecule has 3 nitrogen and oxygen atoms in total. The molecule has 19 heavy (non-hydrogen) atoms. The Morgan fingerprint density at radius 2 is 1.89 bits per heavy atom. The molecular formula is C16H33N3. The predicted molar refractivity (Wildman–Crippen MR) is 82.5 cm³/mol. The summed E-state index contributed by atoms with van der Waals surface area (Å²) in [5.41, 5.74) is 0. The molecule has 2 aliphatic heterocycles. The molecule has 2 saturated heterocycles. The normalized spacial score (nSPS) is 32.1. The summed E-state index contributed by atoms with van der Waals surface area (Å²) in [5, 5.41) is 3.72. The summed E-state index contributed by atoms with van der Waals surface area (Å²) in [6.45, 7) is 13.4. The van der Waals surface area contributed by atoms with Gasteiger partial charge in [0.05, 0.1) is 0 Å². The fourth-order valence-electron chi connectivity index (χ4n) is 3.62. The molecule has 0 aromatic carbocycles. The Kier molecular flexibility index (Phi) is 5.67. The van der Waals surface area contributed by atoms with Crippen LogP contribution < -0.4 is 5.32 Å². The van der Waals surface area contributed by atoms with E-state index in [-0.39, 0.29) is 0 Å². The van der Waals surface area contributed by atoms with Gasteiger partial charge in [0.15, 0.2) is 0 Å². The van der Waals surface area contributed by atoms with Crippen LogP contribution in [0.2, 0.25) is 0 Å². The van der Waals surface area contributed by atoms with Crippen LogP contribution in [0, 0.1) is 11.8 Å². The van der Waals surface area contributed by atoms with Gasteiger partial charge in [-0.3, -0.25) is 4.90 Å². The molecule has 0 bridgehead atoms. The maximum Gasteiger partial charge on any atom is 0.0244 e. The molecule has 2 rings (SSSR count). The third-order valence-corrected chi connectivity index (χ3v) is 5.13. The van der Waals surface area contributed by atoms with Crippen LogP contribution in [0.1, 0.15) is 40.0 Å². The van der Waals surface area contributed by atoms with Crippen LogP contribution in [0.4, 0.5) is 0 Å². The van der Waals surface area contributed by atoms with Gasteiger partial charge < -0.3 is 10.2 Å². The first kappa shape index (κ1) is 15.3. The summed E-state index contributed by atoms with van der Waals surface area (Å²) in [6, 6.07) is 1.45. The molecule has 1 N–H and O–H groups in total. The van der Waals surface area contributed by atoms with E-state index in [0.29, 0.717) is 6.04 Å². The van der Waals surface area contributed by atoms with Gasteiger partial charge >= 0.3 is 0 Å². The van der Waals surface area contributed by atoms with E-state index in [1.54, 1.807) is 0 Å². The second-order valence-corrected chi connectivity index (χ2v) is 7.03. The Morgan fingerprint density at radius 3 is 2.47 bits per heavy atom. The van der Waals surface area contributed by atoms with Crippen molar-refractivity contribution in [2.24, 2.45) is 11.8 Å². The molecule has 2 atom stereocenters. The molecule has 0 aliphatic carbocycles. The van der Waals surface area contributed by atoms with Crippen molar-refractivity contribution >= 4 is 0 Å². The highest BCUT2D eigenvalue weighted by Crippen LogP contribution is 2.22. The Bertz CT molecular complexity index is 259. The van der Waals surface area contributed by atoms with Crippen molar-refractivity contribution in [3.8, 4) is 0 Å². The van der Waals surface area contributed by atoms with E-state index in [1.165, 1.54) is 52.0 Å². The Labute approximate surface area is 119 Å². The third kappa shape index (κ3) is 4.17. The van der Waals surface area contributed by atoms with Crippen molar-refractivity contribution in [1.29, 1.82) is 0 Å². The van der Waals surface area contributed by atoms with Crippen LogP contribution in [0.5, 0.6) is 0 Å². The monoisotopic (exact) mass is 267 g/mol. The van der Waals surface area contributed by atoms with E-state index >= 15 is 0 Å². The minimum absolute atomic E-state index is 0.710. The molecule has 0 saturated carbocycles. The van der Waals surface area contributed by atoms with Gasteiger partial charge in [-0.1, -0.05) is 20.8 Å². The number of nitrogens with zero attached hydrogens (tertiary/aromatic N) is 2. The number of hydrogen-bond acceptors (Lipinski definition) is 3. The zero-order valence-electron chi connectivity index (χ0n) is 13.4. The Morgan fingerprint density at radius 1 is 1.21 bits per heavy atom. The molecule has 3 heteroatoms. The number of piperidine rings is 1. The van der Waals surface area contributed by atoms with E-state index in [4.69, 9.17) is 0 Å². The van der Waals surface area contributed by atoms with Gasteiger partial charge in [0, 0.05) is 31.7 Å². The van der Waals surface area contributed by atoms with Gasteiger partial charge in [-0.25, -0.2) is 0 Å². The number of rotatable bonds is 4. The molecule has 0 aromatic rings. The lowest BCUT2D eigenvalue weighted by molar-refractivity contribution is 0.0659. The summed E-state index contributed by atoms with van der Waals surface area (Å²) in [7, 11) is 2.26. The van der Waals surface area contributed by atoms with Crippen LogP contribution >= 0.6 is 0 Å². The molecular weight excluding hydrogens is 234 g/mol. The second-order valence-electron chi connectivity index (χ2n) is 7.03. The topological polar surface area (TPSA) is 18.5 Å². The first-order valence-electron chi connectivity index (χ1n) is 8.26. The average Bonchev–Trinajstić information content (AvgIpc) is 2.41. The van der Waals surface area contributed by atoms with Gasteiger partial charge in [0.25, 0.3) is 0 Å². The van der Waals surface area contributed by atoms with Gasteiger partial charge in [-0.05, 0) is 51.2 Å². The molecule has 0 radical (unpaired) electrons. The highest BCUT2D eigenvalue weighted by Gasteiger charge is 2.31. The number of piperazine rings is 1.